The third-order valence-electron chi connectivity index (χ3n) is 5.18. The minimum Gasteiger partial charge on any atom is -0.301 e. The summed E-state index contributed by atoms with van der Waals surface area (Å²) < 4.78 is 17.1. The summed E-state index contributed by atoms with van der Waals surface area (Å²) in [7, 11) is 1.95. The molecule has 0 saturated heterocycles. The van der Waals surface area contributed by atoms with Crippen LogP contribution in [0.4, 0.5) is 4.39 Å². The van der Waals surface area contributed by atoms with Crippen molar-refractivity contribution in [1.82, 2.24) is 19.2 Å². The molecular weight excluding hydrogens is 369 g/mol. The first-order valence-corrected chi connectivity index (χ1v) is 9.55. The predicted molar refractivity (Wildman–Crippen MR) is 112 cm³/mol. The highest BCUT2D eigenvalue weighted by Gasteiger charge is 2.32. The summed E-state index contributed by atoms with van der Waals surface area (Å²) in [5.41, 5.74) is 6.27. The van der Waals surface area contributed by atoms with Crippen molar-refractivity contribution in [2.24, 2.45) is 12.2 Å². The third-order valence-corrected chi connectivity index (χ3v) is 5.18. The van der Waals surface area contributed by atoms with Gasteiger partial charge in [0, 0.05) is 36.0 Å². The monoisotopic (exact) mass is 391 g/mol. The second-order valence-electron chi connectivity index (χ2n) is 7.21. The number of hydrogen-bond donors (Lipinski definition) is 0. The molecule has 4 rings (SSSR count). The number of fused-ring (bicyclic) bond motifs is 1. The van der Waals surface area contributed by atoms with Crippen LogP contribution < -0.4 is 0 Å². The molecule has 1 saturated carbocycles. The van der Waals surface area contributed by atoms with Crippen molar-refractivity contribution in [1.29, 1.82) is 0 Å². The van der Waals surface area contributed by atoms with Crippen LogP contribution >= 0.6 is 0 Å². The number of imidazole rings is 1. The quantitative estimate of drug-likeness (QED) is 0.404. The molecule has 0 aliphatic heterocycles. The number of nitrogens with zero attached hydrogens (tertiary/aromatic N) is 5. The van der Waals surface area contributed by atoms with Gasteiger partial charge in [0.2, 0.25) is 0 Å². The summed E-state index contributed by atoms with van der Waals surface area (Å²) in [4.78, 5) is 15.1. The van der Waals surface area contributed by atoms with Crippen molar-refractivity contribution in [3.05, 3.63) is 77.1 Å². The van der Waals surface area contributed by atoms with E-state index in [1.54, 1.807) is 12.3 Å². The maximum Gasteiger partial charge on any atom is 0.136 e. The number of hydrogen-bond acceptors (Lipinski definition) is 4. The number of nitroso groups, excluding NO2 is 1. The van der Waals surface area contributed by atoms with E-state index in [-0.39, 0.29) is 6.54 Å². The van der Waals surface area contributed by atoms with Gasteiger partial charge in [-0.05, 0) is 43.5 Å². The van der Waals surface area contributed by atoms with Crippen molar-refractivity contribution in [2.75, 3.05) is 0 Å². The number of rotatable bonds is 7. The van der Waals surface area contributed by atoms with Crippen LogP contribution in [-0.4, -0.2) is 19.2 Å². The fourth-order valence-electron chi connectivity index (χ4n) is 3.70. The van der Waals surface area contributed by atoms with Crippen LogP contribution in [0.25, 0.3) is 22.3 Å². The van der Waals surface area contributed by atoms with E-state index >= 15 is 0 Å². The van der Waals surface area contributed by atoms with Crippen molar-refractivity contribution in [2.45, 2.75) is 32.2 Å². The Morgan fingerprint density at radius 1 is 1.38 bits per heavy atom. The molecule has 1 aliphatic carbocycles. The van der Waals surface area contributed by atoms with Gasteiger partial charge in [0.1, 0.15) is 23.7 Å². The Kier molecular flexibility index (Phi) is 4.96. The van der Waals surface area contributed by atoms with Gasteiger partial charge in [-0.25, -0.2) is 9.37 Å². The van der Waals surface area contributed by atoms with Crippen LogP contribution in [-0.2, 0) is 13.6 Å². The zero-order valence-corrected chi connectivity index (χ0v) is 16.5. The van der Waals surface area contributed by atoms with Gasteiger partial charge in [-0.15, -0.1) is 0 Å². The minimum absolute atomic E-state index is 0.0570. The van der Waals surface area contributed by atoms with Gasteiger partial charge < -0.3 is 4.40 Å². The van der Waals surface area contributed by atoms with Crippen LogP contribution in [0.1, 0.15) is 42.8 Å². The van der Waals surface area contributed by atoms with Crippen molar-refractivity contribution < 1.29 is 4.39 Å². The maximum absolute atomic E-state index is 13.2. The second kappa shape index (κ2) is 7.58. The van der Waals surface area contributed by atoms with Crippen LogP contribution in [0, 0.1) is 4.91 Å². The molecule has 3 heterocycles. The van der Waals surface area contributed by atoms with E-state index in [4.69, 9.17) is 5.10 Å². The molecular formula is C22H22FN5O. The van der Waals surface area contributed by atoms with Crippen molar-refractivity contribution in [3.63, 3.8) is 0 Å². The lowest BCUT2D eigenvalue weighted by molar-refractivity contribution is 0.671. The zero-order chi connectivity index (χ0) is 20.5. The lowest BCUT2D eigenvalue weighted by Gasteiger charge is -2.09. The molecule has 1 fully saturated rings. The average molecular weight is 391 g/mol. The van der Waals surface area contributed by atoms with Crippen LogP contribution in [0.15, 0.2) is 60.3 Å². The predicted octanol–water partition coefficient (Wildman–Crippen LogP) is 5.32. The first-order chi connectivity index (χ1) is 14.0. The van der Waals surface area contributed by atoms with Crippen LogP contribution in [0.2, 0.25) is 0 Å². The largest absolute Gasteiger partial charge is 0.301 e. The van der Waals surface area contributed by atoms with E-state index in [9.17, 15) is 9.30 Å². The molecule has 0 radical (unpaired) electrons. The fraction of sp³-hybridized carbons (Fsp3) is 0.273. The molecule has 29 heavy (non-hydrogen) atoms. The molecule has 0 atom stereocenters. The first kappa shape index (κ1) is 19.0. The van der Waals surface area contributed by atoms with E-state index in [2.05, 4.69) is 16.7 Å². The van der Waals surface area contributed by atoms with E-state index in [0.29, 0.717) is 5.92 Å². The topological polar surface area (TPSA) is 64.5 Å². The lowest BCUT2D eigenvalue weighted by Crippen LogP contribution is -1.98. The molecule has 148 valence electrons. The molecule has 0 unspecified atom stereocenters. The average Bonchev–Trinajstić information content (AvgIpc) is 3.37. The fourth-order valence-corrected chi connectivity index (χ4v) is 3.70. The molecule has 0 bridgehead atoms. The van der Waals surface area contributed by atoms with Gasteiger partial charge in [-0.2, -0.15) is 10.0 Å². The molecule has 3 aromatic rings. The normalized spacial score (nSPS) is 14.8. The molecule has 0 aromatic carbocycles. The smallest absolute Gasteiger partial charge is 0.136 e. The Morgan fingerprint density at radius 2 is 2.17 bits per heavy atom. The molecule has 0 N–H and O–H groups in total. The zero-order valence-electron chi connectivity index (χ0n) is 16.5. The Balaban J connectivity index is 1.92. The standard InChI is InChI=1S/C22H22FN5O/c1-4-15(6-5-14(2)23)21-20(22(16-7-8-16)27(3)26-21)17-9-10-19-24-11-18(12-25-29)28(19)13-17/h4-6,9-11,13,16H,2,7-8,12H2,1,3H3/b6-5-,15-4+. The first-order valence-electron chi connectivity index (χ1n) is 9.55. The van der Waals surface area contributed by atoms with Crippen LogP contribution in [0.5, 0.6) is 0 Å². The highest BCUT2D eigenvalue weighted by atomic mass is 19.1. The summed E-state index contributed by atoms with van der Waals surface area (Å²) in [5.74, 6) is -0.0424. The summed E-state index contributed by atoms with van der Waals surface area (Å²) in [5, 5.41) is 7.78. The number of allylic oxidation sites excluding steroid dienone is 5. The van der Waals surface area contributed by atoms with Gasteiger partial charge >= 0.3 is 0 Å². The van der Waals surface area contributed by atoms with Crippen LogP contribution in [0.3, 0.4) is 0 Å². The third kappa shape index (κ3) is 3.55. The highest BCUT2D eigenvalue weighted by Crippen LogP contribution is 2.46. The van der Waals surface area contributed by atoms with Gasteiger partial charge in [0.25, 0.3) is 0 Å². The summed E-state index contributed by atoms with van der Waals surface area (Å²) in [6.45, 7) is 5.26. The molecule has 0 spiro atoms. The maximum atomic E-state index is 13.2. The SMILES string of the molecule is C=C(F)/C=C\C(=C/C)c1nn(C)c(C2CC2)c1-c1ccc2ncc(CN=O)n2c1. The van der Waals surface area contributed by atoms with Gasteiger partial charge in [0.15, 0.2) is 0 Å². The Hall–Kier alpha value is -3.35. The highest BCUT2D eigenvalue weighted by molar-refractivity contribution is 5.85. The van der Waals surface area contributed by atoms with E-state index in [1.165, 1.54) is 11.8 Å². The Bertz CT molecular complexity index is 1160. The summed E-state index contributed by atoms with van der Waals surface area (Å²) in [6, 6.07) is 3.93. The van der Waals surface area contributed by atoms with Gasteiger partial charge in [-0.3, -0.25) is 4.68 Å². The number of aromatic nitrogens is 4. The molecule has 1 aliphatic rings. The van der Waals surface area contributed by atoms with Gasteiger partial charge in [-0.1, -0.05) is 23.9 Å². The lowest BCUT2D eigenvalue weighted by atomic mass is 9.97. The molecule has 3 aromatic heterocycles. The number of pyridine rings is 1. The van der Waals surface area contributed by atoms with E-state index in [1.807, 2.05) is 47.5 Å². The minimum atomic E-state index is -0.505. The van der Waals surface area contributed by atoms with E-state index < -0.39 is 5.83 Å². The number of aryl methyl sites for hydroxylation is 1. The summed E-state index contributed by atoms with van der Waals surface area (Å²) >= 11 is 0. The number of halogens is 1. The summed E-state index contributed by atoms with van der Waals surface area (Å²) in [6.07, 6.45) is 10.9. The Labute approximate surface area is 168 Å². The Morgan fingerprint density at radius 3 is 2.83 bits per heavy atom. The molecule has 6 nitrogen and oxygen atoms in total. The molecule has 7 heteroatoms. The van der Waals surface area contributed by atoms with E-state index in [0.717, 1.165) is 46.6 Å². The van der Waals surface area contributed by atoms with Crippen molar-refractivity contribution >= 4 is 11.2 Å². The van der Waals surface area contributed by atoms with Gasteiger partial charge in [0.05, 0.1) is 11.9 Å². The van der Waals surface area contributed by atoms with Crippen molar-refractivity contribution in [3.8, 4) is 11.1 Å². The molecule has 0 amide bonds. The second-order valence-corrected chi connectivity index (χ2v) is 7.21.